The van der Waals surface area contributed by atoms with Crippen molar-refractivity contribution in [2.45, 2.75) is 32.2 Å². The van der Waals surface area contributed by atoms with Crippen LogP contribution in [0.1, 0.15) is 25.8 Å². The maximum Gasteiger partial charge on any atom is 0.225 e. The highest BCUT2D eigenvalue weighted by Crippen LogP contribution is 2.08. The Morgan fingerprint density at radius 3 is 2.56 bits per heavy atom. The Kier molecular flexibility index (Phi) is 4.13. The van der Waals surface area contributed by atoms with E-state index in [2.05, 4.69) is 11.2 Å². The zero-order chi connectivity index (χ0) is 12.0. The minimum absolute atomic E-state index is 0.0338. The van der Waals surface area contributed by atoms with Crippen molar-refractivity contribution in [3.63, 3.8) is 0 Å². The summed E-state index contributed by atoms with van der Waals surface area (Å²) in [5.74, 6) is 2.58. The maximum atomic E-state index is 11.7. The maximum absolute atomic E-state index is 11.7. The summed E-state index contributed by atoms with van der Waals surface area (Å²) in [7, 11) is 0. The van der Waals surface area contributed by atoms with Crippen LogP contribution in [0.2, 0.25) is 0 Å². The highest BCUT2D eigenvalue weighted by atomic mass is 16.1. The fourth-order valence-corrected chi connectivity index (χ4v) is 1.36. The van der Waals surface area contributed by atoms with Crippen molar-refractivity contribution in [1.82, 2.24) is 5.32 Å². The molecule has 0 fully saturated rings. The highest BCUT2D eigenvalue weighted by Gasteiger charge is 2.20. The van der Waals surface area contributed by atoms with Crippen molar-refractivity contribution in [3.05, 3.63) is 35.9 Å². The number of hydrogen-bond acceptors (Lipinski definition) is 1. The first-order valence-corrected chi connectivity index (χ1v) is 5.42. The number of terminal acetylenes is 1. The van der Waals surface area contributed by atoms with E-state index in [0.29, 0.717) is 6.42 Å². The number of carbonyl (C=O) groups excluding carboxylic acids is 1. The van der Waals surface area contributed by atoms with E-state index in [4.69, 9.17) is 6.42 Å². The molecule has 16 heavy (non-hydrogen) atoms. The molecule has 0 saturated heterocycles. The molecular formula is C14H17NO. The van der Waals surface area contributed by atoms with Crippen molar-refractivity contribution >= 4 is 5.91 Å². The van der Waals surface area contributed by atoms with Gasteiger partial charge in [0.15, 0.2) is 0 Å². The zero-order valence-electron chi connectivity index (χ0n) is 9.79. The van der Waals surface area contributed by atoms with Gasteiger partial charge in [-0.25, -0.2) is 0 Å². The van der Waals surface area contributed by atoms with Gasteiger partial charge in [-0.05, 0) is 18.9 Å². The molecule has 2 nitrogen and oxygen atoms in total. The molecular weight excluding hydrogens is 198 g/mol. The predicted octanol–water partition coefficient (Wildman–Crippen LogP) is 2.15. The molecule has 0 aromatic heterocycles. The molecule has 0 saturated carbocycles. The highest BCUT2D eigenvalue weighted by molar-refractivity contribution is 5.79. The van der Waals surface area contributed by atoms with Crippen LogP contribution in [0.3, 0.4) is 0 Å². The van der Waals surface area contributed by atoms with E-state index in [1.54, 1.807) is 0 Å². The summed E-state index contributed by atoms with van der Waals surface area (Å²) in [5.41, 5.74) is 0.460. The molecule has 1 rings (SSSR count). The van der Waals surface area contributed by atoms with Crippen LogP contribution >= 0.6 is 0 Å². The SMILES string of the molecule is C#C[C@@](C)(CC)NC(=O)Cc1ccccc1. The number of carbonyl (C=O) groups is 1. The molecule has 84 valence electrons. The molecule has 0 radical (unpaired) electrons. The Balaban J connectivity index is 2.59. The van der Waals surface area contributed by atoms with E-state index in [-0.39, 0.29) is 5.91 Å². The van der Waals surface area contributed by atoms with Gasteiger partial charge < -0.3 is 5.32 Å². The summed E-state index contributed by atoms with van der Waals surface area (Å²) >= 11 is 0. The smallest absolute Gasteiger partial charge is 0.225 e. The van der Waals surface area contributed by atoms with Gasteiger partial charge in [0.25, 0.3) is 0 Å². The third-order valence-corrected chi connectivity index (χ3v) is 2.65. The summed E-state index contributed by atoms with van der Waals surface area (Å²) in [6.45, 7) is 3.82. The van der Waals surface area contributed by atoms with Gasteiger partial charge in [0.2, 0.25) is 5.91 Å². The van der Waals surface area contributed by atoms with Crippen LogP contribution in [0.4, 0.5) is 0 Å². The number of nitrogens with one attached hydrogen (secondary N) is 1. The van der Waals surface area contributed by atoms with E-state index < -0.39 is 5.54 Å². The van der Waals surface area contributed by atoms with E-state index >= 15 is 0 Å². The van der Waals surface area contributed by atoms with Crippen LogP contribution < -0.4 is 5.32 Å². The summed E-state index contributed by atoms with van der Waals surface area (Å²) < 4.78 is 0. The van der Waals surface area contributed by atoms with Gasteiger partial charge >= 0.3 is 0 Å². The second-order valence-corrected chi connectivity index (χ2v) is 4.04. The van der Waals surface area contributed by atoms with E-state index in [1.165, 1.54) is 0 Å². The lowest BCUT2D eigenvalue weighted by atomic mass is 9.99. The third kappa shape index (κ3) is 3.43. The van der Waals surface area contributed by atoms with Gasteiger partial charge in [-0.2, -0.15) is 0 Å². The third-order valence-electron chi connectivity index (χ3n) is 2.65. The Bertz CT molecular complexity index is 391. The van der Waals surface area contributed by atoms with Crippen LogP contribution in [-0.2, 0) is 11.2 Å². The molecule has 0 spiro atoms. The number of rotatable bonds is 4. The fraction of sp³-hybridized carbons (Fsp3) is 0.357. The summed E-state index contributed by atoms with van der Waals surface area (Å²) in [6.07, 6.45) is 6.49. The average molecular weight is 215 g/mol. The normalized spacial score (nSPS) is 13.6. The van der Waals surface area contributed by atoms with Gasteiger partial charge in [0.05, 0.1) is 12.0 Å². The molecule has 0 aliphatic rings. The van der Waals surface area contributed by atoms with E-state index in [0.717, 1.165) is 12.0 Å². The van der Waals surface area contributed by atoms with E-state index in [9.17, 15) is 4.79 Å². The lowest BCUT2D eigenvalue weighted by Gasteiger charge is -2.23. The van der Waals surface area contributed by atoms with Crippen molar-refractivity contribution in [2.24, 2.45) is 0 Å². The minimum Gasteiger partial charge on any atom is -0.340 e. The average Bonchev–Trinajstić information content (AvgIpc) is 2.30. The first-order chi connectivity index (χ1) is 7.59. The number of benzene rings is 1. The monoisotopic (exact) mass is 215 g/mol. The lowest BCUT2D eigenvalue weighted by molar-refractivity contribution is -0.121. The fourth-order valence-electron chi connectivity index (χ4n) is 1.36. The first kappa shape index (κ1) is 12.3. The predicted molar refractivity (Wildman–Crippen MR) is 65.8 cm³/mol. The topological polar surface area (TPSA) is 29.1 Å². The van der Waals surface area contributed by atoms with Gasteiger partial charge in [-0.1, -0.05) is 43.2 Å². The van der Waals surface area contributed by atoms with Gasteiger partial charge in [-0.3, -0.25) is 4.79 Å². The van der Waals surface area contributed by atoms with Crippen molar-refractivity contribution in [1.29, 1.82) is 0 Å². The molecule has 0 aliphatic heterocycles. The molecule has 0 aliphatic carbocycles. The number of hydrogen-bond donors (Lipinski definition) is 1. The Labute approximate surface area is 97.1 Å². The first-order valence-electron chi connectivity index (χ1n) is 5.42. The molecule has 0 bridgehead atoms. The van der Waals surface area contributed by atoms with Crippen molar-refractivity contribution in [3.8, 4) is 12.3 Å². The molecule has 1 aromatic carbocycles. The van der Waals surface area contributed by atoms with Crippen LogP contribution in [0, 0.1) is 12.3 Å². The summed E-state index contributed by atoms with van der Waals surface area (Å²) in [5, 5.41) is 2.87. The quantitative estimate of drug-likeness (QED) is 0.766. The molecule has 2 heteroatoms. The molecule has 1 N–H and O–H groups in total. The van der Waals surface area contributed by atoms with Crippen LogP contribution in [-0.4, -0.2) is 11.4 Å². The Morgan fingerprint density at radius 2 is 2.06 bits per heavy atom. The van der Waals surface area contributed by atoms with Crippen molar-refractivity contribution < 1.29 is 4.79 Å². The second-order valence-electron chi connectivity index (χ2n) is 4.04. The molecule has 1 amide bonds. The van der Waals surface area contributed by atoms with Crippen LogP contribution in [0.25, 0.3) is 0 Å². The second kappa shape index (κ2) is 5.37. The minimum atomic E-state index is -0.536. The Hall–Kier alpha value is -1.75. The van der Waals surface area contributed by atoms with Gasteiger partial charge in [0.1, 0.15) is 0 Å². The van der Waals surface area contributed by atoms with E-state index in [1.807, 2.05) is 44.2 Å². The largest absolute Gasteiger partial charge is 0.340 e. The lowest BCUT2D eigenvalue weighted by Crippen LogP contribution is -2.44. The molecule has 0 unspecified atom stereocenters. The number of amides is 1. The molecule has 1 aromatic rings. The Morgan fingerprint density at radius 1 is 1.44 bits per heavy atom. The van der Waals surface area contributed by atoms with Crippen LogP contribution in [0.15, 0.2) is 30.3 Å². The summed E-state index contributed by atoms with van der Waals surface area (Å²) in [6, 6.07) is 9.63. The van der Waals surface area contributed by atoms with Gasteiger partial charge in [0, 0.05) is 0 Å². The standard InChI is InChI=1S/C14H17NO/c1-4-14(3,5-2)15-13(16)11-12-9-7-6-8-10-12/h1,6-10H,5,11H2,2-3H3,(H,15,16)/t14-/m0/s1. The van der Waals surface area contributed by atoms with Crippen LogP contribution in [0.5, 0.6) is 0 Å². The molecule has 0 heterocycles. The van der Waals surface area contributed by atoms with Gasteiger partial charge in [-0.15, -0.1) is 6.42 Å². The summed E-state index contributed by atoms with van der Waals surface area (Å²) in [4.78, 5) is 11.7. The molecule has 1 atom stereocenters. The zero-order valence-corrected chi connectivity index (χ0v) is 9.79. The van der Waals surface area contributed by atoms with Crippen molar-refractivity contribution in [2.75, 3.05) is 0 Å².